The molecule has 0 heterocycles. The second-order valence-corrected chi connectivity index (χ2v) is 34.1. The maximum atomic E-state index is 14.8. The third-order valence-electron chi connectivity index (χ3n) is 7.47. The molecule has 0 aliphatic rings. The molecule has 0 N–H and O–H groups in total. The summed E-state index contributed by atoms with van der Waals surface area (Å²) in [5.74, 6) is 0. The van der Waals surface area contributed by atoms with Crippen LogP contribution >= 0.6 is 0 Å². The minimum atomic E-state index is -4.31. The van der Waals surface area contributed by atoms with Crippen LogP contribution in [0.5, 0.6) is 0 Å². The fourth-order valence-electron chi connectivity index (χ4n) is 5.55. The molecule has 6 rings (SSSR count). The van der Waals surface area contributed by atoms with Crippen LogP contribution in [0.2, 0.25) is 0 Å². The topological polar surface area (TPSA) is 35.5 Å². The van der Waals surface area contributed by atoms with E-state index in [4.69, 9.17) is 4.31 Å². The number of hydrogen-bond donors (Lipinski definition) is 0. The van der Waals surface area contributed by atoms with Gasteiger partial charge in [0.1, 0.15) is 0 Å². The van der Waals surface area contributed by atoms with Gasteiger partial charge in [-0.3, -0.25) is 0 Å². The molecule has 0 saturated heterocycles. The molecule has 0 radical (unpaired) electrons. The normalized spacial score (nSPS) is 11.8. The van der Waals surface area contributed by atoms with E-state index in [1.165, 1.54) is 0 Å². The molecule has 0 aliphatic carbocycles. The van der Waals surface area contributed by atoms with Crippen LogP contribution in [-0.2, 0) is 8.15 Å². The number of benzene rings is 6. The predicted octanol–water partition coefficient (Wildman–Crippen LogP) is 3.77. The average Bonchev–Trinajstić information content (AvgIpc) is 3.08. The van der Waals surface area contributed by atoms with Crippen molar-refractivity contribution in [3.63, 3.8) is 0 Å². The van der Waals surface area contributed by atoms with Crippen molar-refractivity contribution in [2.75, 3.05) is 0 Å². The summed E-state index contributed by atoms with van der Waals surface area (Å²) in [7, 11) is 0. The van der Waals surface area contributed by atoms with Crippen LogP contribution in [0, 0.1) is 0 Å². The molecule has 6 aromatic rings. The molecule has 0 atom stereocenters. The van der Waals surface area contributed by atoms with Crippen molar-refractivity contribution in [3.8, 4) is 0 Å². The third kappa shape index (κ3) is 5.85. The van der Waals surface area contributed by atoms with Crippen LogP contribution in [0.3, 0.4) is 0 Å². The van der Waals surface area contributed by atoms with E-state index in [0.29, 0.717) is 0 Å². The van der Waals surface area contributed by atoms with Gasteiger partial charge >= 0.3 is 264 Å². The fraction of sp³-hybridized carbons (Fsp3) is 0. The molecule has 0 aromatic heterocycles. The van der Waals surface area contributed by atoms with Gasteiger partial charge in [-0.2, -0.15) is 0 Å². The zero-order valence-corrected chi connectivity index (χ0v) is 30.4. The zero-order valence-electron chi connectivity index (χ0n) is 23.0. The van der Waals surface area contributed by atoms with Gasteiger partial charge in [0.15, 0.2) is 0 Å². The van der Waals surface area contributed by atoms with Crippen molar-refractivity contribution in [2.45, 2.75) is 0 Å². The molecule has 0 aliphatic heterocycles. The van der Waals surface area contributed by atoms with E-state index in [-0.39, 0.29) is 0 Å². The first kappa shape index (κ1) is 29.2. The van der Waals surface area contributed by atoms with Gasteiger partial charge in [0.2, 0.25) is 0 Å². The van der Waals surface area contributed by atoms with Gasteiger partial charge < -0.3 is 0 Å². The molecule has 0 unspecified atom stereocenters. The predicted molar refractivity (Wildman–Crippen MR) is 177 cm³/mol. The van der Waals surface area contributed by atoms with E-state index < -0.39 is 52.1 Å². The Morgan fingerprint density at radius 3 is 0.643 bits per heavy atom. The van der Waals surface area contributed by atoms with E-state index in [0.717, 1.165) is 21.5 Å². The molecular formula is C36H30O3SeSn2. The molecule has 0 fully saturated rings. The molecule has 0 saturated carbocycles. The molecule has 3 nitrogen and oxygen atoms in total. The van der Waals surface area contributed by atoms with Crippen LogP contribution in [-0.4, -0.2) is 52.1 Å². The number of rotatable bonds is 10. The molecular weight excluding hydrogens is 797 g/mol. The Balaban J connectivity index is 1.55. The van der Waals surface area contributed by atoms with Crippen molar-refractivity contribution < 1.29 is 8.15 Å². The van der Waals surface area contributed by atoms with Gasteiger partial charge in [-0.05, 0) is 0 Å². The molecule has 42 heavy (non-hydrogen) atoms. The molecule has 6 heteroatoms. The van der Waals surface area contributed by atoms with Gasteiger partial charge in [-0.1, -0.05) is 0 Å². The average molecular weight is 827 g/mol. The summed E-state index contributed by atoms with van der Waals surface area (Å²) in [6, 6.07) is 62.0. The molecule has 206 valence electrons. The number of hydrogen-bond acceptors (Lipinski definition) is 3. The van der Waals surface area contributed by atoms with Gasteiger partial charge in [0, 0.05) is 0 Å². The second kappa shape index (κ2) is 13.6. The monoisotopic (exact) mass is 830 g/mol. The minimum absolute atomic E-state index is 1.09. The van der Waals surface area contributed by atoms with Crippen molar-refractivity contribution in [3.05, 3.63) is 182 Å². The summed E-state index contributed by atoms with van der Waals surface area (Å²) in [5, 5.41) is 0. The Kier molecular flexibility index (Phi) is 9.49. The van der Waals surface area contributed by atoms with Crippen LogP contribution in [0.15, 0.2) is 182 Å². The standard InChI is InChI=1S/6C6H5.H2O3Se.2Sn/c6*1-2-4-6-5-3-1;1-4(2)3;;/h6*1-5H;(H2,1,2,3);;/q;;;;;;;2*+1/p-2. The van der Waals surface area contributed by atoms with Gasteiger partial charge in [0.25, 0.3) is 0 Å². The summed E-state index contributed by atoms with van der Waals surface area (Å²) >= 11 is -12.0. The summed E-state index contributed by atoms with van der Waals surface area (Å²) in [6.45, 7) is 0. The Hall–Kier alpha value is -2.84. The Morgan fingerprint density at radius 2 is 0.476 bits per heavy atom. The van der Waals surface area contributed by atoms with E-state index in [1.54, 1.807) is 0 Å². The first-order chi connectivity index (χ1) is 20.7. The third-order valence-corrected chi connectivity index (χ3v) is 40.2. The van der Waals surface area contributed by atoms with Gasteiger partial charge in [-0.15, -0.1) is 0 Å². The molecule has 0 amide bonds. The first-order valence-electron chi connectivity index (χ1n) is 13.9. The van der Waals surface area contributed by atoms with Crippen molar-refractivity contribution in [1.82, 2.24) is 0 Å². The Labute approximate surface area is 261 Å². The summed E-state index contributed by atoms with van der Waals surface area (Å²) < 4.78 is 35.6. The maximum absolute atomic E-state index is 14.8. The van der Waals surface area contributed by atoms with E-state index in [9.17, 15) is 3.83 Å². The quantitative estimate of drug-likeness (QED) is 0.198. The van der Waals surface area contributed by atoms with Gasteiger partial charge in [-0.25, -0.2) is 0 Å². The van der Waals surface area contributed by atoms with E-state index in [1.807, 2.05) is 109 Å². The second-order valence-electron chi connectivity index (χ2n) is 9.93. The van der Waals surface area contributed by atoms with Crippen LogP contribution < -0.4 is 21.5 Å². The summed E-state index contributed by atoms with van der Waals surface area (Å²) in [6.07, 6.45) is 0. The Bertz CT molecular complexity index is 1400. The summed E-state index contributed by atoms with van der Waals surface area (Å²) in [5.41, 5.74) is 0. The van der Waals surface area contributed by atoms with Crippen molar-refractivity contribution >= 4 is 73.6 Å². The van der Waals surface area contributed by atoms with Crippen LogP contribution in [0.4, 0.5) is 0 Å². The van der Waals surface area contributed by atoms with Gasteiger partial charge in [0.05, 0.1) is 0 Å². The molecule has 0 bridgehead atoms. The zero-order chi connectivity index (χ0) is 28.7. The van der Waals surface area contributed by atoms with Crippen LogP contribution in [0.1, 0.15) is 0 Å². The van der Waals surface area contributed by atoms with Crippen LogP contribution in [0.25, 0.3) is 0 Å². The van der Waals surface area contributed by atoms with Crippen molar-refractivity contribution in [1.29, 1.82) is 0 Å². The molecule has 6 aromatic carbocycles. The Morgan fingerprint density at radius 1 is 0.310 bits per heavy atom. The van der Waals surface area contributed by atoms with E-state index in [2.05, 4.69) is 72.8 Å². The molecule has 0 spiro atoms. The van der Waals surface area contributed by atoms with Crippen molar-refractivity contribution in [2.24, 2.45) is 0 Å². The van der Waals surface area contributed by atoms with E-state index >= 15 is 0 Å². The SMILES string of the molecule is O=[Se]([O][Sn]([c]1ccccc1)([c]1ccccc1)[c]1ccccc1)[O][Sn]([c]1ccccc1)([c]1ccccc1)[c]1ccccc1. The fourth-order valence-corrected chi connectivity index (χ4v) is 43.2. The summed E-state index contributed by atoms with van der Waals surface area (Å²) in [4.78, 5) is 0. The first-order valence-corrected chi connectivity index (χ1v) is 26.9.